The summed E-state index contributed by atoms with van der Waals surface area (Å²) in [5.74, 6) is 3.20. The number of halogens is 1. The van der Waals surface area contributed by atoms with Crippen LogP contribution in [0.5, 0.6) is 11.5 Å². The van der Waals surface area contributed by atoms with Gasteiger partial charge in [-0.25, -0.2) is 33.2 Å². The molecule has 102 heavy (non-hydrogen) atoms. The number of benzene rings is 2. The van der Waals surface area contributed by atoms with Gasteiger partial charge in [0.25, 0.3) is 0 Å². The van der Waals surface area contributed by atoms with Gasteiger partial charge < -0.3 is 37.1 Å². The van der Waals surface area contributed by atoms with Crippen LogP contribution in [0.2, 0.25) is 36.3 Å². The highest BCUT2D eigenvalue weighted by atomic mass is 79.9. The van der Waals surface area contributed by atoms with Gasteiger partial charge in [0.15, 0.2) is 28.3 Å². The van der Waals surface area contributed by atoms with Crippen molar-refractivity contribution >= 4 is 88.7 Å². The third-order valence-electron chi connectivity index (χ3n) is 20.7. The van der Waals surface area contributed by atoms with E-state index in [-0.39, 0.29) is 30.5 Å². The van der Waals surface area contributed by atoms with Gasteiger partial charge >= 0.3 is 7.12 Å². The molecule has 8 aromatic rings. The molecule has 2 atom stereocenters. The molecule has 6 aromatic heterocycles. The maximum Gasteiger partial charge on any atom is 0.495 e. The molecule has 2 saturated carbocycles. The molecule has 0 unspecified atom stereocenters. The molecule has 0 radical (unpaired) electrons. The fraction of sp³-hybridized carbons (Fsp3) is 0.573. The second kappa shape index (κ2) is 31.9. The van der Waals surface area contributed by atoms with E-state index in [1.54, 1.807) is 60.8 Å². The molecule has 27 heteroatoms. The van der Waals surface area contributed by atoms with Crippen LogP contribution in [0.25, 0.3) is 44.7 Å². The Kier molecular flexibility index (Phi) is 25.2. The predicted molar refractivity (Wildman–Crippen MR) is 418 cm³/mol. The van der Waals surface area contributed by atoms with Crippen LogP contribution in [-0.2, 0) is 73.6 Å². The molecule has 554 valence electrons. The second-order valence-electron chi connectivity index (χ2n) is 33.0. The summed E-state index contributed by atoms with van der Waals surface area (Å²) in [6, 6.07) is 20.2. The number of aromatic nitrogens is 10. The highest BCUT2D eigenvalue weighted by Crippen LogP contribution is 2.47. The largest absolute Gasteiger partial charge is 0.495 e. The summed E-state index contributed by atoms with van der Waals surface area (Å²) in [4.78, 5) is 28.4. The van der Waals surface area contributed by atoms with Gasteiger partial charge in [0.2, 0.25) is 0 Å². The van der Waals surface area contributed by atoms with E-state index in [0.29, 0.717) is 68.5 Å². The van der Waals surface area contributed by atoms with E-state index in [2.05, 4.69) is 127 Å². The van der Waals surface area contributed by atoms with Gasteiger partial charge in [-0.05, 0) is 208 Å². The van der Waals surface area contributed by atoms with E-state index in [0.717, 1.165) is 104 Å². The van der Waals surface area contributed by atoms with Crippen LogP contribution in [0.3, 0.4) is 0 Å². The number of nitrogens with zero attached hydrogens (tertiary/aromatic N) is 10. The van der Waals surface area contributed by atoms with Crippen molar-refractivity contribution in [3.63, 3.8) is 0 Å². The minimum absolute atomic E-state index is 0.0964. The number of rotatable bonds is 24. The smallest absolute Gasteiger partial charge is 0.490 e. The van der Waals surface area contributed by atoms with Crippen molar-refractivity contribution in [1.82, 2.24) is 54.2 Å². The molecule has 2 aliphatic carbocycles. The fourth-order valence-corrected chi connectivity index (χ4v) is 15.6. The maximum absolute atomic E-state index is 13.2. The first-order valence-electron chi connectivity index (χ1n) is 35.3. The van der Waals surface area contributed by atoms with Crippen molar-refractivity contribution in [2.24, 2.45) is 0 Å². The average Bonchev–Trinajstić information content (AvgIpc) is 1.55. The normalized spacial score (nSPS) is 17.2. The van der Waals surface area contributed by atoms with Gasteiger partial charge in [-0.3, -0.25) is 19.2 Å². The Morgan fingerprint density at radius 1 is 0.588 bits per heavy atom. The standard InChI is InChI=1S/C35H49N5O4SSi.C27H41BN4O5Si.C13H19BrN2OS/c1-33(2,3)45(41)24-35(14-11-15-35)31-13-10-12-28(39-31)25-18-29-27(30(19-25)43-17-16-42-7)21-37-40(29)32-22-36-20-26(38-32)23-44-46(8,9)34(4,5)6;1-25(2,3)38(9,10)35-18-20-15-29-17-24(31-20)32-22-13-19(28-36-26(4,5)27(6,7)37-28)14-23(21(22)16-30-32)34-12-11-33-8;1-12(2,3)18(17)16-13(8-5-9-13)10-6-4-7-11(14)15-10/h10,12-13,18-22H,11,14-17,23-24H2,1-9H3;13-17H,11-12,18H2,1-10H3;4,6-7,16H,5,8-9H2,1-3H3/t45-;;18-/m0.1/s1. The Labute approximate surface area is 620 Å². The van der Waals surface area contributed by atoms with E-state index in [1.807, 2.05) is 112 Å². The van der Waals surface area contributed by atoms with Crippen LogP contribution in [0.15, 0.2) is 102 Å². The van der Waals surface area contributed by atoms with E-state index >= 15 is 0 Å². The number of fused-ring (bicyclic) bond motifs is 2. The van der Waals surface area contributed by atoms with Crippen molar-refractivity contribution in [3.05, 3.63) is 125 Å². The van der Waals surface area contributed by atoms with Crippen molar-refractivity contribution in [1.29, 1.82) is 0 Å². The van der Waals surface area contributed by atoms with Crippen molar-refractivity contribution < 1.29 is 45.5 Å². The minimum Gasteiger partial charge on any atom is -0.490 e. The lowest BCUT2D eigenvalue weighted by atomic mass is 9.68. The second-order valence-corrected chi connectivity index (χ2v) is 47.6. The fourth-order valence-electron chi connectivity index (χ4n) is 11.0. The molecular weight excluding hydrogens is 1430 g/mol. The molecule has 1 saturated heterocycles. The van der Waals surface area contributed by atoms with Gasteiger partial charge in [0.05, 0.1) is 141 Å². The first-order chi connectivity index (χ1) is 47.6. The summed E-state index contributed by atoms with van der Waals surface area (Å²) < 4.78 is 81.0. The lowest BCUT2D eigenvalue weighted by molar-refractivity contribution is 0.00578. The summed E-state index contributed by atoms with van der Waals surface area (Å²) in [6.07, 6.45) is 16.8. The highest BCUT2D eigenvalue weighted by Gasteiger charge is 2.52. The number of hydrogen-bond acceptors (Lipinski definition) is 18. The van der Waals surface area contributed by atoms with Crippen LogP contribution < -0.4 is 19.7 Å². The number of ether oxygens (including phenoxy) is 4. The summed E-state index contributed by atoms with van der Waals surface area (Å²) in [6.45, 7) is 45.1. The molecule has 1 N–H and O–H groups in total. The molecule has 2 aromatic carbocycles. The molecule has 3 aliphatic rings. The van der Waals surface area contributed by atoms with Crippen LogP contribution in [0, 0.1) is 0 Å². The van der Waals surface area contributed by atoms with E-state index in [9.17, 15) is 8.42 Å². The summed E-state index contributed by atoms with van der Waals surface area (Å²) in [5.41, 5.74) is 6.44. The van der Waals surface area contributed by atoms with Gasteiger partial charge in [0, 0.05) is 52.2 Å². The molecule has 1 aliphatic heterocycles. The van der Waals surface area contributed by atoms with Crippen molar-refractivity contribution in [2.75, 3.05) is 46.4 Å². The Balaban J connectivity index is 0.000000194. The van der Waals surface area contributed by atoms with Gasteiger partial charge in [-0.1, -0.05) is 60.1 Å². The molecule has 3 fully saturated rings. The van der Waals surface area contributed by atoms with Gasteiger partial charge in [0.1, 0.15) is 29.3 Å². The molecule has 0 amide bonds. The lowest BCUT2D eigenvalue weighted by Crippen LogP contribution is -2.52. The number of nitrogens with one attached hydrogen (secondary N) is 1. The number of methoxy groups -OCH3 is 2. The molecule has 7 heterocycles. The Morgan fingerprint density at radius 3 is 1.53 bits per heavy atom. The van der Waals surface area contributed by atoms with Crippen LogP contribution in [-0.4, -0.2) is 149 Å². The van der Waals surface area contributed by atoms with Gasteiger partial charge in [-0.2, -0.15) is 10.2 Å². The topological polar surface area (TPSA) is 233 Å². The zero-order valence-electron chi connectivity index (χ0n) is 64.3. The third-order valence-corrected chi connectivity index (χ3v) is 34.0. The van der Waals surface area contributed by atoms with Crippen molar-refractivity contribution in [2.45, 2.75) is 230 Å². The summed E-state index contributed by atoms with van der Waals surface area (Å²) in [5, 5.41) is 11.3. The lowest BCUT2D eigenvalue weighted by Gasteiger charge is -2.43. The molecule has 11 rings (SSSR count). The molecule has 0 spiro atoms. The zero-order chi connectivity index (χ0) is 74.7. The van der Waals surface area contributed by atoms with Crippen molar-refractivity contribution in [3.8, 4) is 34.4 Å². The zero-order valence-corrected chi connectivity index (χ0v) is 69.5. The van der Waals surface area contributed by atoms with Gasteiger partial charge in [-0.15, -0.1) is 0 Å². The van der Waals surface area contributed by atoms with E-state index in [4.69, 9.17) is 57.2 Å². The monoisotopic (exact) mass is 1530 g/mol. The Morgan fingerprint density at radius 2 is 1.08 bits per heavy atom. The first kappa shape index (κ1) is 80.5. The Hall–Kier alpha value is -5.56. The summed E-state index contributed by atoms with van der Waals surface area (Å²) in [7, 11) is -3.17. The molecule has 0 bridgehead atoms. The predicted octanol–water partition coefficient (Wildman–Crippen LogP) is 15.3. The molecule has 21 nitrogen and oxygen atoms in total. The average molecular weight is 1540 g/mol. The third kappa shape index (κ3) is 18.8. The summed E-state index contributed by atoms with van der Waals surface area (Å²) >= 11 is 3.40. The van der Waals surface area contributed by atoms with Crippen LogP contribution in [0.4, 0.5) is 0 Å². The van der Waals surface area contributed by atoms with E-state index in [1.165, 1.54) is 0 Å². The number of pyridine rings is 2. The van der Waals surface area contributed by atoms with Crippen LogP contribution >= 0.6 is 15.9 Å². The van der Waals surface area contributed by atoms with Crippen LogP contribution in [0.1, 0.15) is 172 Å². The minimum atomic E-state index is -1.96. The first-order valence-corrected chi connectivity index (χ1v) is 44.4. The highest BCUT2D eigenvalue weighted by molar-refractivity contribution is 9.10. The maximum atomic E-state index is 13.2. The van der Waals surface area contributed by atoms with E-state index < -0.39 is 56.7 Å². The molecular formula is C75H109BBrN11O10S2Si2. The quantitative estimate of drug-likeness (QED) is 0.0336. The Bertz CT molecular complexity index is 4240. The number of hydrogen-bond donors (Lipinski definition) is 1. The SMILES string of the molecule is CC(C)(C)[S@@](=O)NC1(c2cccc(Br)n2)CCC1.COCCOc1cc(-c2cccc(C3(C[S@](=O)C(C)(C)C)CCC3)n2)cc2c1cnn2-c1cncc(CO[Si](C)(C)C(C)(C)C)n1.COCCOc1cc(B2OC(C)(C)C(C)(C)O2)cc2c1cnn2-c1cncc(CO[Si](C)(C)C(C)(C)C)n1.